The van der Waals surface area contributed by atoms with E-state index >= 15 is 0 Å². The zero-order chi connectivity index (χ0) is 25.5. The molecule has 1 atom stereocenters. The third-order valence-electron chi connectivity index (χ3n) is 6.73. The second-order valence-corrected chi connectivity index (χ2v) is 10.7. The Bertz CT molecular complexity index is 1130. The number of benzene rings is 1. The highest BCUT2D eigenvalue weighted by Gasteiger charge is 2.36. The lowest BCUT2D eigenvalue weighted by Gasteiger charge is -2.38. The zero-order valence-corrected chi connectivity index (χ0v) is 21.7. The lowest BCUT2D eigenvalue weighted by atomic mass is 9.87. The van der Waals surface area contributed by atoms with Crippen molar-refractivity contribution in [3.05, 3.63) is 28.3 Å². The van der Waals surface area contributed by atoms with Crippen LogP contribution in [0, 0.1) is 12.8 Å². The summed E-state index contributed by atoms with van der Waals surface area (Å²) >= 11 is 6.45. The standard InChI is InChI=1S/C25H34ClN5O4/c1-14-17(26)12-16(13-19(14)34-5)21-20(22(27)32)23-28-9-6-18(31(23)29-21)15-7-10-30(11-8-15)24(33)35-25(2,3)4/h12-13,15,18,28H,6-11H2,1-5H3,(H2,27,32). The van der Waals surface area contributed by atoms with E-state index in [2.05, 4.69) is 5.32 Å². The maximum atomic E-state index is 12.6. The fourth-order valence-electron chi connectivity index (χ4n) is 4.97. The van der Waals surface area contributed by atoms with Gasteiger partial charge in [-0.25, -0.2) is 9.48 Å². The van der Waals surface area contributed by atoms with E-state index in [0.717, 1.165) is 24.8 Å². The number of carbonyl (C=O) groups is 2. The number of rotatable bonds is 4. The Hall–Kier alpha value is -2.94. The number of hydrogen-bond acceptors (Lipinski definition) is 6. The lowest BCUT2D eigenvalue weighted by Crippen LogP contribution is -2.43. The number of piperidine rings is 1. The van der Waals surface area contributed by atoms with E-state index in [1.54, 1.807) is 18.1 Å². The average molecular weight is 504 g/mol. The summed E-state index contributed by atoms with van der Waals surface area (Å²) in [6.45, 7) is 9.45. The molecule has 190 valence electrons. The van der Waals surface area contributed by atoms with Crippen molar-refractivity contribution in [2.45, 2.75) is 58.6 Å². The second-order valence-electron chi connectivity index (χ2n) is 10.3. The fourth-order valence-corrected chi connectivity index (χ4v) is 5.18. The SMILES string of the molecule is COc1cc(-c2nn3c(c2C(N)=O)NCCC3C2CCN(C(=O)OC(C)(C)C)CC2)cc(Cl)c1C. The van der Waals surface area contributed by atoms with E-state index in [9.17, 15) is 9.59 Å². The van der Waals surface area contributed by atoms with Gasteiger partial charge in [0.05, 0.1) is 13.2 Å². The van der Waals surface area contributed by atoms with Crippen molar-refractivity contribution in [3.63, 3.8) is 0 Å². The van der Waals surface area contributed by atoms with Crippen LogP contribution < -0.4 is 15.8 Å². The molecule has 1 fully saturated rings. The number of likely N-dealkylation sites (tertiary alicyclic amines) is 1. The van der Waals surface area contributed by atoms with Gasteiger partial charge < -0.3 is 25.4 Å². The number of nitrogens with two attached hydrogens (primary N) is 1. The Morgan fingerprint density at radius 1 is 1.20 bits per heavy atom. The number of nitrogens with one attached hydrogen (secondary N) is 1. The maximum absolute atomic E-state index is 12.6. The van der Waals surface area contributed by atoms with E-state index in [-0.39, 0.29) is 12.1 Å². The number of methoxy groups -OCH3 is 1. The van der Waals surface area contributed by atoms with Crippen LogP contribution in [0.1, 0.15) is 62.0 Å². The van der Waals surface area contributed by atoms with Gasteiger partial charge in [0.2, 0.25) is 0 Å². The van der Waals surface area contributed by atoms with Gasteiger partial charge in [-0.3, -0.25) is 4.79 Å². The van der Waals surface area contributed by atoms with Gasteiger partial charge in [0.25, 0.3) is 5.91 Å². The van der Waals surface area contributed by atoms with E-state index < -0.39 is 11.5 Å². The molecule has 4 rings (SSSR count). The monoisotopic (exact) mass is 503 g/mol. The van der Waals surface area contributed by atoms with E-state index in [0.29, 0.717) is 59.0 Å². The van der Waals surface area contributed by atoms with Crippen molar-refractivity contribution in [2.24, 2.45) is 11.7 Å². The van der Waals surface area contributed by atoms with Crippen LogP contribution in [0.5, 0.6) is 5.75 Å². The van der Waals surface area contributed by atoms with E-state index in [4.69, 9.17) is 31.9 Å². The van der Waals surface area contributed by atoms with Gasteiger partial charge in [0, 0.05) is 35.8 Å². The summed E-state index contributed by atoms with van der Waals surface area (Å²) in [7, 11) is 1.58. The van der Waals surface area contributed by atoms with Crippen LogP contribution in [0.2, 0.25) is 5.02 Å². The summed E-state index contributed by atoms with van der Waals surface area (Å²) in [6.07, 6.45) is 2.24. The smallest absolute Gasteiger partial charge is 0.410 e. The first-order valence-electron chi connectivity index (χ1n) is 12.0. The van der Waals surface area contributed by atoms with Crippen molar-refractivity contribution in [1.82, 2.24) is 14.7 Å². The number of anilines is 1. The molecule has 2 aliphatic rings. The molecule has 1 unspecified atom stereocenters. The Morgan fingerprint density at radius 2 is 1.89 bits per heavy atom. The molecule has 1 aromatic heterocycles. The Kier molecular flexibility index (Phi) is 6.90. The lowest BCUT2D eigenvalue weighted by molar-refractivity contribution is 0.0157. The van der Waals surface area contributed by atoms with E-state index in [1.807, 2.05) is 38.4 Å². The first-order valence-corrected chi connectivity index (χ1v) is 12.4. The minimum absolute atomic E-state index is 0.0849. The van der Waals surface area contributed by atoms with Crippen LogP contribution in [0.25, 0.3) is 11.3 Å². The predicted octanol–water partition coefficient (Wildman–Crippen LogP) is 4.62. The highest BCUT2D eigenvalue weighted by atomic mass is 35.5. The summed E-state index contributed by atoms with van der Waals surface area (Å²) in [6, 6.07) is 3.70. The Morgan fingerprint density at radius 3 is 2.49 bits per heavy atom. The highest BCUT2D eigenvalue weighted by molar-refractivity contribution is 6.32. The van der Waals surface area contributed by atoms with Crippen molar-refractivity contribution < 1.29 is 19.1 Å². The maximum Gasteiger partial charge on any atom is 0.410 e. The molecule has 0 aliphatic carbocycles. The van der Waals surface area contributed by atoms with Crippen LogP contribution in [-0.2, 0) is 4.74 Å². The van der Waals surface area contributed by atoms with Gasteiger partial charge >= 0.3 is 6.09 Å². The van der Waals surface area contributed by atoms with E-state index in [1.165, 1.54) is 0 Å². The van der Waals surface area contributed by atoms with Gasteiger partial charge in [-0.1, -0.05) is 11.6 Å². The molecule has 2 aliphatic heterocycles. The number of aromatic nitrogens is 2. The minimum Gasteiger partial charge on any atom is -0.496 e. The van der Waals surface area contributed by atoms with Gasteiger partial charge in [0.1, 0.15) is 28.4 Å². The molecule has 3 N–H and O–H groups in total. The molecular weight excluding hydrogens is 470 g/mol. The number of nitrogens with zero attached hydrogens (tertiary/aromatic N) is 3. The minimum atomic E-state index is -0.551. The number of amides is 2. The molecule has 0 bridgehead atoms. The largest absolute Gasteiger partial charge is 0.496 e. The molecule has 2 amide bonds. The van der Waals surface area contributed by atoms with Crippen LogP contribution in [0.3, 0.4) is 0 Å². The number of fused-ring (bicyclic) bond motifs is 1. The van der Waals surface area contributed by atoms with Crippen molar-refractivity contribution in [3.8, 4) is 17.0 Å². The molecule has 1 aromatic carbocycles. The summed E-state index contributed by atoms with van der Waals surface area (Å²) < 4.78 is 12.9. The molecule has 0 radical (unpaired) electrons. The molecule has 2 aromatic rings. The van der Waals surface area contributed by atoms with Crippen LogP contribution in [0.4, 0.5) is 10.6 Å². The summed E-state index contributed by atoms with van der Waals surface area (Å²) in [5.41, 5.74) is 7.64. The average Bonchev–Trinajstić information content (AvgIpc) is 3.20. The number of ether oxygens (including phenoxy) is 2. The molecule has 1 saturated heterocycles. The van der Waals surface area contributed by atoms with Gasteiger partial charge in [-0.15, -0.1) is 0 Å². The molecule has 0 saturated carbocycles. The summed E-state index contributed by atoms with van der Waals surface area (Å²) in [4.78, 5) is 26.8. The summed E-state index contributed by atoms with van der Waals surface area (Å²) in [5.74, 6) is 1.01. The van der Waals surface area contributed by atoms with Crippen LogP contribution in [-0.4, -0.2) is 59.0 Å². The van der Waals surface area contributed by atoms with Gasteiger partial charge in [-0.05, 0) is 65.0 Å². The first kappa shape index (κ1) is 25.2. The number of hydrogen-bond donors (Lipinski definition) is 2. The first-order chi connectivity index (χ1) is 16.5. The predicted molar refractivity (Wildman–Crippen MR) is 135 cm³/mol. The Balaban J connectivity index is 1.63. The van der Waals surface area contributed by atoms with Gasteiger partial charge in [-0.2, -0.15) is 5.10 Å². The van der Waals surface area contributed by atoms with Crippen LogP contribution >= 0.6 is 11.6 Å². The molecule has 10 heteroatoms. The zero-order valence-electron chi connectivity index (χ0n) is 21.0. The summed E-state index contributed by atoms with van der Waals surface area (Å²) in [5, 5.41) is 8.74. The van der Waals surface area contributed by atoms with Crippen molar-refractivity contribution in [2.75, 3.05) is 32.1 Å². The topological polar surface area (TPSA) is 112 Å². The number of halogens is 1. The Labute approximate surface area is 210 Å². The third-order valence-corrected chi connectivity index (χ3v) is 7.12. The number of primary amides is 1. The molecule has 3 heterocycles. The number of carbonyl (C=O) groups excluding carboxylic acids is 2. The quantitative estimate of drug-likeness (QED) is 0.629. The third kappa shape index (κ3) is 5.05. The second kappa shape index (κ2) is 9.60. The van der Waals surface area contributed by atoms with Crippen molar-refractivity contribution >= 4 is 29.4 Å². The van der Waals surface area contributed by atoms with Crippen molar-refractivity contribution in [1.29, 1.82) is 0 Å². The normalized spacial score (nSPS) is 18.6. The molecule has 9 nitrogen and oxygen atoms in total. The molecule has 0 spiro atoms. The fraction of sp³-hybridized carbons (Fsp3) is 0.560. The van der Waals surface area contributed by atoms with Gasteiger partial charge in [0.15, 0.2) is 0 Å². The van der Waals surface area contributed by atoms with Crippen LogP contribution in [0.15, 0.2) is 12.1 Å². The molecular formula is C25H34ClN5O4. The molecule has 35 heavy (non-hydrogen) atoms. The highest BCUT2D eigenvalue weighted by Crippen LogP contribution is 2.41.